The van der Waals surface area contributed by atoms with Crippen LogP contribution in [0, 0.1) is 0 Å². The predicted molar refractivity (Wildman–Crippen MR) is 90.8 cm³/mol. The number of rotatable bonds is 5. The third-order valence-corrected chi connectivity index (χ3v) is 5.66. The Hall–Kier alpha value is -2.01. The highest BCUT2D eigenvalue weighted by molar-refractivity contribution is 7.89. The summed E-state index contributed by atoms with van der Waals surface area (Å²) >= 11 is 0. The molecule has 1 atom stereocenters. The summed E-state index contributed by atoms with van der Waals surface area (Å²) in [5, 5.41) is 7.35. The lowest BCUT2D eigenvalue weighted by molar-refractivity contribution is 0.190. The summed E-state index contributed by atoms with van der Waals surface area (Å²) in [5.74, 6) is 1.08. The zero-order chi connectivity index (χ0) is 18.0. The van der Waals surface area contributed by atoms with Crippen LogP contribution in [0.25, 0.3) is 11.5 Å². The molecule has 3 rings (SSSR count). The number of sulfonamides is 1. The van der Waals surface area contributed by atoms with E-state index in [2.05, 4.69) is 25.1 Å². The van der Waals surface area contributed by atoms with Gasteiger partial charge in [-0.05, 0) is 32.3 Å². The number of methoxy groups -OCH3 is 1. The van der Waals surface area contributed by atoms with E-state index in [0.717, 1.165) is 19.6 Å². The Kier molecular flexibility index (Phi) is 5.04. The largest absolute Gasteiger partial charge is 0.495 e. The minimum Gasteiger partial charge on any atom is -0.495 e. The van der Waals surface area contributed by atoms with E-state index >= 15 is 0 Å². The van der Waals surface area contributed by atoms with Crippen LogP contribution in [0.15, 0.2) is 27.6 Å². The van der Waals surface area contributed by atoms with E-state index in [1.807, 2.05) is 7.05 Å². The summed E-state index contributed by atoms with van der Waals surface area (Å²) in [6.45, 7) is 2.54. The summed E-state index contributed by atoms with van der Waals surface area (Å²) in [6.07, 6.45) is 0. The van der Waals surface area contributed by atoms with Crippen LogP contribution < -0.4 is 14.8 Å². The van der Waals surface area contributed by atoms with Gasteiger partial charge in [0.15, 0.2) is 5.82 Å². The molecule has 136 valence electrons. The summed E-state index contributed by atoms with van der Waals surface area (Å²) in [4.78, 5) is 6.61. The number of hydrogen-bond acceptors (Lipinski definition) is 8. The molecule has 2 heterocycles. The molecule has 2 N–H and O–H groups in total. The Bertz CT molecular complexity index is 851. The molecule has 25 heavy (non-hydrogen) atoms. The third kappa shape index (κ3) is 3.52. The van der Waals surface area contributed by atoms with E-state index in [1.165, 1.54) is 20.2 Å². The number of nitrogens with zero attached hydrogens (tertiary/aromatic N) is 3. The zero-order valence-corrected chi connectivity index (χ0v) is 15.1. The van der Waals surface area contributed by atoms with Gasteiger partial charge in [-0.25, -0.2) is 13.1 Å². The molecular formula is C15H21N5O4S. The normalized spacial score (nSPS) is 19.1. The van der Waals surface area contributed by atoms with Crippen LogP contribution in [0.1, 0.15) is 11.9 Å². The van der Waals surface area contributed by atoms with E-state index in [4.69, 9.17) is 9.26 Å². The van der Waals surface area contributed by atoms with Gasteiger partial charge in [-0.2, -0.15) is 4.98 Å². The standard InChI is InChI=1S/C15H21N5O4S/c1-16-25(21,22)13-8-10(4-5-12(13)23-3)15-18-14(19-24-15)11-9-17-6-7-20(11)2/h4-5,8,11,16-17H,6-7,9H2,1-3H3. The molecule has 0 saturated carbocycles. The highest BCUT2D eigenvalue weighted by Crippen LogP contribution is 2.30. The van der Waals surface area contributed by atoms with E-state index in [9.17, 15) is 8.42 Å². The van der Waals surface area contributed by atoms with Crippen molar-refractivity contribution in [2.75, 3.05) is 40.8 Å². The average molecular weight is 367 g/mol. The molecule has 1 aromatic heterocycles. The van der Waals surface area contributed by atoms with Crippen LogP contribution in [-0.4, -0.2) is 64.3 Å². The molecular weight excluding hydrogens is 346 g/mol. The van der Waals surface area contributed by atoms with Gasteiger partial charge in [0.05, 0.1) is 13.2 Å². The van der Waals surface area contributed by atoms with E-state index < -0.39 is 10.0 Å². The second-order valence-corrected chi connectivity index (χ2v) is 7.59. The maximum atomic E-state index is 12.2. The average Bonchev–Trinajstić information content (AvgIpc) is 3.11. The van der Waals surface area contributed by atoms with E-state index in [-0.39, 0.29) is 22.6 Å². The molecule has 0 aliphatic carbocycles. The Balaban J connectivity index is 1.96. The van der Waals surface area contributed by atoms with Crippen molar-refractivity contribution in [2.24, 2.45) is 0 Å². The molecule has 1 aromatic carbocycles. The molecule has 0 radical (unpaired) electrons. The van der Waals surface area contributed by atoms with Gasteiger partial charge in [0.25, 0.3) is 5.89 Å². The van der Waals surface area contributed by atoms with Gasteiger partial charge in [0.2, 0.25) is 10.0 Å². The van der Waals surface area contributed by atoms with E-state index in [1.54, 1.807) is 12.1 Å². The van der Waals surface area contributed by atoms with Crippen LogP contribution in [0.3, 0.4) is 0 Å². The topological polar surface area (TPSA) is 110 Å². The molecule has 0 spiro atoms. The summed E-state index contributed by atoms with van der Waals surface area (Å²) in [7, 11) is 1.09. The number of nitrogens with one attached hydrogen (secondary N) is 2. The monoisotopic (exact) mass is 367 g/mol. The number of likely N-dealkylation sites (N-methyl/N-ethyl adjacent to an activating group) is 1. The van der Waals surface area contributed by atoms with Crippen molar-refractivity contribution in [3.05, 3.63) is 24.0 Å². The summed E-state index contributed by atoms with van der Waals surface area (Å²) < 4.78 is 37.2. The van der Waals surface area contributed by atoms with Crippen molar-refractivity contribution >= 4 is 10.0 Å². The molecule has 10 heteroatoms. The quantitative estimate of drug-likeness (QED) is 0.773. The molecule has 1 fully saturated rings. The number of piperazine rings is 1. The van der Waals surface area contributed by atoms with Crippen molar-refractivity contribution in [3.63, 3.8) is 0 Å². The first kappa shape index (κ1) is 17.8. The number of ether oxygens (including phenoxy) is 1. The first-order chi connectivity index (χ1) is 12.0. The number of aromatic nitrogens is 2. The lowest BCUT2D eigenvalue weighted by Gasteiger charge is -2.30. The van der Waals surface area contributed by atoms with Gasteiger partial charge >= 0.3 is 0 Å². The van der Waals surface area contributed by atoms with Crippen LogP contribution in [-0.2, 0) is 10.0 Å². The predicted octanol–water partition coefficient (Wildman–Crippen LogP) is 0.229. The smallest absolute Gasteiger partial charge is 0.258 e. The van der Waals surface area contributed by atoms with Crippen LogP contribution in [0.4, 0.5) is 0 Å². The highest BCUT2D eigenvalue weighted by Gasteiger charge is 2.26. The van der Waals surface area contributed by atoms with Gasteiger partial charge in [-0.15, -0.1) is 0 Å². The van der Waals surface area contributed by atoms with Crippen molar-refractivity contribution in [1.82, 2.24) is 25.1 Å². The highest BCUT2D eigenvalue weighted by atomic mass is 32.2. The molecule has 9 nitrogen and oxygen atoms in total. The Labute approximate surface area is 146 Å². The molecule has 1 saturated heterocycles. The minimum absolute atomic E-state index is 0.0185. The van der Waals surface area contributed by atoms with Crippen molar-refractivity contribution in [2.45, 2.75) is 10.9 Å². The summed E-state index contributed by atoms with van der Waals surface area (Å²) in [6, 6.07) is 4.74. The lowest BCUT2D eigenvalue weighted by atomic mass is 10.2. The maximum absolute atomic E-state index is 12.2. The molecule has 2 aromatic rings. The first-order valence-electron chi connectivity index (χ1n) is 7.83. The Morgan fingerprint density at radius 2 is 2.24 bits per heavy atom. The zero-order valence-electron chi connectivity index (χ0n) is 14.3. The van der Waals surface area contributed by atoms with Gasteiger partial charge in [-0.1, -0.05) is 5.16 Å². The third-order valence-electron chi connectivity index (χ3n) is 4.22. The Morgan fingerprint density at radius 3 is 2.92 bits per heavy atom. The SMILES string of the molecule is CNS(=O)(=O)c1cc(-c2nc(C3CNCCN3C)no2)ccc1OC. The molecule has 1 unspecified atom stereocenters. The lowest BCUT2D eigenvalue weighted by Crippen LogP contribution is -2.44. The molecule has 1 aliphatic heterocycles. The Morgan fingerprint density at radius 1 is 1.44 bits per heavy atom. The van der Waals surface area contributed by atoms with Gasteiger partial charge in [0.1, 0.15) is 10.6 Å². The second-order valence-electron chi connectivity index (χ2n) is 5.73. The molecule has 0 bridgehead atoms. The fourth-order valence-electron chi connectivity index (χ4n) is 2.71. The van der Waals surface area contributed by atoms with Crippen LogP contribution in [0.2, 0.25) is 0 Å². The van der Waals surface area contributed by atoms with Crippen molar-refractivity contribution < 1.29 is 17.7 Å². The molecule has 1 aliphatic rings. The number of hydrogen-bond donors (Lipinski definition) is 2. The van der Waals surface area contributed by atoms with Crippen molar-refractivity contribution in [1.29, 1.82) is 0 Å². The molecule has 0 amide bonds. The van der Waals surface area contributed by atoms with Gasteiger partial charge in [-0.3, -0.25) is 4.90 Å². The van der Waals surface area contributed by atoms with Crippen LogP contribution in [0.5, 0.6) is 5.75 Å². The first-order valence-corrected chi connectivity index (χ1v) is 9.31. The fraction of sp³-hybridized carbons (Fsp3) is 0.467. The van der Waals surface area contributed by atoms with Crippen molar-refractivity contribution in [3.8, 4) is 17.2 Å². The second kappa shape index (κ2) is 7.08. The van der Waals surface area contributed by atoms with E-state index in [0.29, 0.717) is 11.4 Å². The summed E-state index contributed by atoms with van der Waals surface area (Å²) in [5.41, 5.74) is 0.514. The minimum atomic E-state index is -3.68. The maximum Gasteiger partial charge on any atom is 0.258 e. The fourth-order valence-corrected chi connectivity index (χ4v) is 3.63. The van der Waals surface area contributed by atoms with Gasteiger partial charge in [0, 0.05) is 25.2 Å². The van der Waals surface area contributed by atoms with Crippen LogP contribution >= 0.6 is 0 Å². The van der Waals surface area contributed by atoms with Gasteiger partial charge < -0.3 is 14.6 Å². The number of benzene rings is 1.